The normalized spacial score (nSPS) is 14.2. The molecule has 1 N–H and O–H groups in total. The van der Waals surface area contributed by atoms with Gasteiger partial charge < -0.3 is 9.84 Å². The maximum Gasteiger partial charge on any atom is 0.259 e. The van der Waals surface area contributed by atoms with E-state index in [4.69, 9.17) is 4.52 Å². The van der Waals surface area contributed by atoms with Gasteiger partial charge in [-0.15, -0.1) is 0 Å². The van der Waals surface area contributed by atoms with Gasteiger partial charge in [-0.1, -0.05) is 22.9 Å². The van der Waals surface area contributed by atoms with E-state index in [0.29, 0.717) is 28.3 Å². The minimum Gasteiger partial charge on any atom is -0.336 e. The lowest BCUT2D eigenvalue weighted by Crippen LogP contribution is -2.13. The van der Waals surface area contributed by atoms with Crippen LogP contribution in [-0.4, -0.2) is 16.0 Å². The van der Waals surface area contributed by atoms with E-state index in [9.17, 15) is 4.79 Å². The molecular formula is C18H17N3O2. The number of amides is 1. The Hall–Kier alpha value is -2.69. The van der Waals surface area contributed by atoms with Crippen LogP contribution in [-0.2, 0) is 0 Å². The van der Waals surface area contributed by atoms with Crippen molar-refractivity contribution in [2.75, 3.05) is 5.32 Å². The van der Waals surface area contributed by atoms with Gasteiger partial charge in [0.05, 0.1) is 16.6 Å². The number of nitrogens with zero attached hydrogens (tertiary/aromatic N) is 2. The molecule has 2 heterocycles. The van der Waals surface area contributed by atoms with E-state index in [1.807, 2.05) is 44.2 Å². The van der Waals surface area contributed by atoms with E-state index >= 15 is 0 Å². The van der Waals surface area contributed by atoms with Gasteiger partial charge in [0.2, 0.25) is 0 Å². The zero-order valence-electron chi connectivity index (χ0n) is 13.1. The van der Waals surface area contributed by atoms with Crippen molar-refractivity contribution < 1.29 is 9.32 Å². The third-order valence-corrected chi connectivity index (χ3v) is 4.19. The zero-order valence-corrected chi connectivity index (χ0v) is 13.1. The van der Waals surface area contributed by atoms with Gasteiger partial charge in [-0.3, -0.25) is 4.79 Å². The SMILES string of the molecule is Cc1ccc(NC(=O)c2cc(C3CC3)nc3onc(C)c23)cc1. The highest BCUT2D eigenvalue weighted by Gasteiger charge is 2.28. The number of fused-ring (bicyclic) bond motifs is 1. The number of rotatable bonds is 3. The number of carbonyl (C=O) groups is 1. The summed E-state index contributed by atoms with van der Waals surface area (Å²) < 4.78 is 5.28. The number of hydrogen-bond acceptors (Lipinski definition) is 4. The number of benzene rings is 1. The highest BCUT2D eigenvalue weighted by molar-refractivity contribution is 6.12. The molecule has 116 valence electrons. The van der Waals surface area contributed by atoms with E-state index in [1.54, 1.807) is 0 Å². The molecule has 0 atom stereocenters. The van der Waals surface area contributed by atoms with Gasteiger partial charge >= 0.3 is 0 Å². The zero-order chi connectivity index (χ0) is 16.0. The van der Waals surface area contributed by atoms with Crippen LogP contribution >= 0.6 is 0 Å². The van der Waals surface area contributed by atoms with Crippen LogP contribution in [0.25, 0.3) is 11.1 Å². The summed E-state index contributed by atoms with van der Waals surface area (Å²) in [7, 11) is 0. The summed E-state index contributed by atoms with van der Waals surface area (Å²) in [5.74, 6) is 0.283. The Balaban J connectivity index is 1.75. The second-order valence-corrected chi connectivity index (χ2v) is 6.14. The number of hydrogen-bond donors (Lipinski definition) is 1. The number of aromatic nitrogens is 2. The monoisotopic (exact) mass is 307 g/mol. The quantitative estimate of drug-likeness (QED) is 0.795. The van der Waals surface area contributed by atoms with Crippen LogP contribution in [0.2, 0.25) is 0 Å². The number of anilines is 1. The van der Waals surface area contributed by atoms with Crippen LogP contribution < -0.4 is 5.32 Å². The highest BCUT2D eigenvalue weighted by Crippen LogP contribution is 2.40. The molecule has 1 fully saturated rings. The average Bonchev–Trinajstić information content (AvgIpc) is 3.33. The Morgan fingerprint density at radius 1 is 1.22 bits per heavy atom. The summed E-state index contributed by atoms with van der Waals surface area (Å²) in [4.78, 5) is 17.3. The molecule has 0 bridgehead atoms. The molecular weight excluding hydrogens is 290 g/mol. The maximum absolute atomic E-state index is 12.8. The number of pyridine rings is 1. The summed E-state index contributed by atoms with van der Waals surface area (Å²) in [5, 5.41) is 7.60. The summed E-state index contributed by atoms with van der Waals surface area (Å²) in [6.07, 6.45) is 2.23. The number of nitrogens with one attached hydrogen (secondary N) is 1. The Labute approximate surface area is 133 Å². The number of aryl methyl sites for hydroxylation is 2. The first-order valence-electron chi connectivity index (χ1n) is 7.77. The topological polar surface area (TPSA) is 68.0 Å². The summed E-state index contributed by atoms with van der Waals surface area (Å²) in [6.45, 7) is 3.84. The third kappa shape index (κ3) is 2.59. The molecule has 0 unspecified atom stereocenters. The largest absolute Gasteiger partial charge is 0.336 e. The fourth-order valence-electron chi connectivity index (χ4n) is 2.72. The second kappa shape index (κ2) is 5.19. The van der Waals surface area contributed by atoms with Crippen LogP contribution in [0.1, 0.15) is 46.1 Å². The molecule has 3 aromatic rings. The first kappa shape index (κ1) is 13.9. The molecule has 5 heteroatoms. The molecule has 1 aliphatic rings. The molecule has 1 amide bonds. The highest BCUT2D eigenvalue weighted by atomic mass is 16.5. The summed E-state index contributed by atoms with van der Waals surface area (Å²) >= 11 is 0. The van der Waals surface area contributed by atoms with Crippen molar-refractivity contribution >= 4 is 22.7 Å². The van der Waals surface area contributed by atoms with Gasteiger partial charge in [-0.25, -0.2) is 4.98 Å². The van der Waals surface area contributed by atoms with Gasteiger partial charge in [0.15, 0.2) is 0 Å². The number of carbonyl (C=O) groups excluding carboxylic acids is 1. The molecule has 0 aliphatic heterocycles. The van der Waals surface area contributed by atoms with Gasteiger partial charge in [0.1, 0.15) is 0 Å². The van der Waals surface area contributed by atoms with Crippen LogP contribution in [0.4, 0.5) is 5.69 Å². The molecule has 1 aliphatic carbocycles. The van der Waals surface area contributed by atoms with Gasteiger partial charge in [0, 0.05) is 17.3 Å². The van der Waals surface area contributed by atoms with Crippen molar-refractivity contribution in [3.8, 4) is 0 Å². The molecule has 5 nitrogen and oxygen atoms in total. The lowest BCUT2D eigenvalue weighted by molar-refractivity contribution is 0.102. The van der Waals surface area contributed by atoms with E-state index in [-0.39, 0.29) is 5.91 Å². The maximum atomic E-state index is 12.8. The average molecular weight is 307 g/mol. The Bertz CT molecular complexity index is 893. The van der Waals surface area contributed by atoms with Crippen molar-refractivity contribution in [3.05, 3.63) is 52.8 Å². The fraction of sp³-hybridized carbons (Fsp3) is 0.278. The van der Waals surface area contributed by atoms with Gasteiger partial charge in [-0.2, -0.15) is 0 Å². The van der Waals surface area contributed by atoms with Crippen LogP contribution in [0.3, 0.4) is 0 Å². The van der Waals surface area contributed by atoms with Crippen LogP contribution in [0.5, 0.6) is 0 Å². The van der Waals surface area contributed by atoms with Crippen molar-refractivity contribution in [2.24, 2.45) is 0 Å². The van der Waals surface area contributed by atoms with Crippen LogP contribution in [0.15, 0.2) is 34.9 Å². The molecule has 1 aromatic carbocycles. The lowest BCUT2D eigenvalue weighted by atomic mass is 10.1. The molecule has 23 heavy (non-hydrogen) atoms. The minimum absolute atomic E-state index is 0.158. The standard InChI is InChI=1S/C18H17N3O2/c1-10-3-7-13(8-4-10)19-17(22)14-9-15(12-5-6-12)20-18-16(14)11(2)21-23-18/h3-4,7-9,12H,5-6H2,1-2H3,(H,19,22). The van der Waals surface area contributed by atoms with Crippen LogP contribution in [0, 0.1) is 13.8 Å². The molecule has 0 spiro atoms. The first-order valence-corrected chi connectivity index (χ1v) is 7.77. The minimum atomic E-state index is -0.158. The lowest BCUT2D eigenvalue weighted by Gasteiger charge is -2.08. The van der Waals surface area contributed by atoms with Crippen molar-refractivity contribution in [2.45, 2.75) is 32.6 Å². The van der Waals surface area contributed by atoms with E-state index in [2.05, 4.69) is 15.5 Å². The smallest absolute Gasteiger partial charge is 0.259 e. The molecule has 2 aromatic heterocycles. The Morgan fingerprint density at radius 2 is 1.96 bits per heavy atom. The summed E-state index contributed by atoms with van der Waals surface area (Å²) in [5.41, 5.74) is 4.55. The van der Waals surface area contributed by atoms with E-state index in [1.165, 1.54) is 0 Å². The van der Waals surface area contributed by atoms with E-state index in [0.717, 1.165) is 29.8 Å². The third-order valence-electron chi connectivity index (χ3n) is 4.19. The molecule has 4 rings (SSSR count). The molecule has 0 saturated heterocycles. The second-order valence-electron chi connectivity index (χ2n) is 6.14. The predicted molar refractivity (Wildman–Crippen MR) is 87.6 cm³/mol. The summed E-state index contributed by atoms with van der Waals surface area (Å²) in [6, 6.07) is 9.62. The first-order chi connectivity index (χ1) is 11.1. The fourth-order valence-corrected chi connectivity index (χ4v) is 2.72. The van der Waals surface area contributed by atoms with Crippen molar-refractivity contribution in [1.29, 1.82) is 0 Å². The van der Waals surface area contributed by atoms with Gasteiger partial charge in [-0.05, 0) is 44.9 Å². The van der Waals surface area contributed by atoms with Crippen molar-refractivity contribution in [3.63, 3.8) is 0 Å². The van der Waals surface area contributed by atoms with Crippen molar-refractivity contribution in [1.82, 2.24) is 10.1 Å². The van der Waals surface area contributed by atoms with E-state index < -0.39 is 0 Å². The Kier molecular flexibility index (Phi) is 3.15. The Morgan fingerprint density at radius 3 is 2.65 bits per heavy atom. The molecule has 1 saturated carbocycles. The molecule has 0 radical (unpaired) electrons. The predicted octanol–water partition coefficient (Wildman–Crippen LogP) is 3.97. The van der Waals surface area contributed by atoms with Gasteiger partial charge in [0.25, 0.3) is 11.6 Å².